The second kappa shape index (κ2) is 6.19. The van der Waals surface area contributed by atoms with Gasteiger partial charge in [0.1, 0.15) is 5.75 Å². The largest absolute Gasteiger partial charge is 0.508 e. The highest BCUT2D eigenvalue weighted by Crippen LogP contribution is 2.37. The molecule has 0 saturated heterocycles. The highest BCUT2D eigenvalue weighted by molar-refractivity contribution is 6.08. The number of hydrogen-bond acceptors (Lipinski definition) is 5. The molecule has 6 heteroatoms. The van der Waals surface area contributed by atoms with Crippen molar-refractivity contribution in [2.24, 2.45) is 0 Å². The van der Waals surface area contributed by atoms with Crippen LogP contribution in [0, 0.1) is 0 Å². The van der Waals surface area contributed by atoms with Gasteiger partial charge in [0.2, 0.25) is 0 Å². The fourth-order valence-electron chi connectivity index (χ4n) is 2.55. The van der Waals surface area contributed by atoms with Gasteiger partial charge in [-0.2, -0.15) is 0 Å². The van der Waals surface area contributed by atoms with Gasteiger partial charge in [-0.1, -0.05) is 12.1 Å². The van der Waals surface area contributed by atoms with Crippen LogP contribution in [0.15, 0.2) is 35.6 Å². The van der Waals surface area contributed by atoms with Gasteiger partial charge in [-0.05, 0) is 38.7 Å². The number of ketones is 1. The normalized spacial score (nSPS) is 18.5. The molecule has 2 N–H and O–H groups in total. The Balaban J connectivity index is 2.43. The summed E-state index contributed by atoms with van der Waals surface area (Å²) in [5.74, 6) is -1.25. The smallest absolute Gasteiger partial charge is 0.290 e. The number of aliphatic hydroxyl groups excluding tert-OH is 1. The molecule has 118 valence electrons. The summed E-state index contributed by atoms with van der Waals surface area (Å²) in [5, 5.41) is 19.5. The maximum atomic E-state index is 12.3. The zero-order chi connectivity index (χ0) is 16.4. The van der Waals surface area contributed by atoms with E-state index in [0.29, 0.717) is 18.7 Å². The fourth-order valence-corrected chi connectivity index (χ4v) is 2.55. The molecule has 0 bridgehead atoms. The highest BCUT2D eigenvalue weighted by Gasteiger charge is 2.42. The SMILES string of the molecule is CC(=O)C1=C(O)C(=O)N(CCN(C)C)[C@@H]1c1ccc(O)cc1. The standard InChI is InChI=1S/C16H20N2O4/c1-10(19)13-14(11-4-6-12(20)7-5-11)18(9-8-17(2)3)16(22)15(13)21/h4-7,14,20-21H,8-9H2,1-3H3/t14-/m1/s1. The molecule has 1 aromatic rings. The van der Waals surface area contributed by atoms with Crippen LogP contribution < -0.4 is 0 Å². The first-order valence-corrected chi connectivity index (χ1v) is 7.01. The van der Waals surface area contributed by atoms with Gasteiger partial charge in [-0.15, -0.1) is 0 Å². The van der Waals surface area contributed by atoms with Gasteiger partial charge in [0.05, 0.1) is 11.6 Å². The van der Waals surface area contributed by atoms with Gasteiger partial charge in [0.25, 0.3) is 5.91 Å². The van der Waals surface area contributed by atoms with E-state index in [-0.39, 0.29) is 17.1 Å². The summed E-state index contributed by atoms with van der Waals surface area (Å²) in [6.07, 6.45) is 0. The molecule has 0 unspecified atom stereocenters. The first-order valence-electron chi connectivity index (χ1n) is 7.01. The Hall–Kier alpha value is -2.34. The number of likely N-dealkylation sites (N-methyl/N-ethyl adjacent to an activating group) is 1. The van der Waals surface area contributed by atoms with E-state index in [4.69, 9.17) is 0 Å². The molecule has 0 spiro atoms. The average molecular weight is 304 g/mol. The lowest BCUT2D eigenvalue weighted by molar-refractivity contribution is -0.129. The summed E-state index contributed by atoms with van der Waals surface area (Å²) in [5.41, 5.74) is 0.786. The van der Waals surface area contributed by atoms with Crippen molar-refractivity contribution in [3.63, 3.8) is 0 Å². The Kier molecular flexibility index (Phi) is 4.51. The van der Waals surface area contributed by atoms with E-state index >= 15 is 0 Å². The number of aliphatic hydroxyl groups is 1. The van der Waals surface area contributed by atoms with Crippen molar-refractivity contribution in [2.75, 3.05) is 27.2 Å². The van der Waals surface area contributed by atoms with Crippen LogP contribution >= 0.6 is 0 Å². The molecular weight excluding hydrogens is 284 g/mol. The summed E-state index contributed by atoms with van der Waals surface area (Å²) in [7, 11) is 3.77. The van der Waals surface area contributed by atoms with Crippen molar-refractivity contribution < 1.29 is 19.8 Å². The monoisotopic (exact) mass is 304 g/mol. The Morgan fingerprint density at radius 2 is 1.82 bits per heavy atom. The predicted octanol–water partition coefficient (Wildman–Crippen LogP) is 1.24. The number of carbonyl (C=O) groups is 2. The highest BCUT2D eigenvalue weighted by atomic mass is 16.3. The Morgan fingerprint density at radius 3 is 2.32 bits per heavy atom. The number of benzene rings is 1. The summed E-state index contributed by atoms with van der Waals surface area (Å²) >= 11 is 0. The zero-order valence-electron chi connectivity index (χ0n) is 12.9. The molecule has 1 aromatic carbocycles. The number of phenols is 1. The van der Waals surface area contributed by atoms with E-state index in [9.17, 15) is 19.8 Å². The number of aromatic hydroxyl groups is 1. The zero-order valence-corrected chi connectivity index (χ0v) is 12.9. The van der Waals surface area contributed by atoms with Gasteiger partial charge in [-0.3, -0.25) is 9.59 Å². The molecule has 0 fully saturated rings. The van der Waals surface area contributed by atoms with Crippen LogP contribution in [-0.4, -0.2) is 58.9 Å². The van der Waals surface area contributed by atoms with Crippen molar-refractivity contribution in [3.05, 3.63) is 41.2 Å². The topological polar surface area (TPSA) is 81.1 Å². The molecule has 6 nitrogen and oxygen atoms in total. The number of rotatable bonds is 5. The molecule has 0 saturated carbocycles. The van der Waals surface area contributed by atoms with Gasteiger partial charge >= 0.3 is 0 Å². The van der Waals surface area contributed by atoms with Crippen LogP contribution in [0.25, 0.3) is 0 Å². The molecule has 2 rings (SSSR count). The quantitative estimate of drug-likeness (QED) is 0.855. The number of nitrogens with zero attached hydrogens (tertiary/aromatic N) is 2. The van der Waals surface area contributed by atoms with Crippen molar-refractivity contribution in [2.45, 2.75) is 13.0 Å². The van der Waals surface area contributed by atoms with Crippen molar-refractivity contribution >= 4 is 11.7 Å². The minimum atomic E-state index is -0.620. The van der Waals surface area contributed by atoms with E-state index in [1.807, 2.05) is 19.0 Å². The van der Waals surface area contributed by atoms with Crippen LogP contribution in [0.4, 0.5) is 0 Å². The Bertz CT molecular complexity index is 620. The minimum absolute atomic E-state index is 0.102. The molecule has 1 aliphatic rings. The van der Waals surface area contributed by atoms with Gasteiger partial charge in [0, 0.05) is 13.1 Å². The van der Waals surface area contributed by atoms with E-state index in [2.05, 4.69) is 0 Å². The van der Waals surface area contributed by atoms with E-state index < -0.39 is 17.7 Å². The molecular formula is C16H20N2O4. The van der Waals surface area contributed by atoms with Gasteiger partial charge in [-0.25, -0.2) is 0 Å². The summed E-state index contributed by atoms with van der Waals surface area (Å²) in [6, 6.07) is 5.67. The summed E-state index contributed by atoms with van der Waals surface area (Å²) in [4.78, 5) is 27.6. The Labute approximate surface area is 129 Å². The third-order valence-corrected chi connectivity index (χ3v) is 3.68. The molecule has 1 atom stereocenters. The summed E-state index contributed by atoms with van der Waals surface area (Å²) < 4.78 is 0. The van der Waals surface area contributed by atoms with Crippen LogP contribution in [-0.2, 0) is 9.59 Å². The second-order valence-electron chi connectivity index (χ2n) is 5.61. The van der Waals surface area contributed by atoms with Crippen LogP contribution in [0.3, 0.4) is 0 Å². The molecule has 0 aliphatic carbocycles. The number of Topliss-reactive ketones (excluding diaryl/α,β-unsaturated/α-hetero) is 1. The van der Waals surface area contributed by atoms with Crippen LogP contribution in [0.5, 0.6) is 5.75 Å². The van der Waals surface area contributed by atoms with Crippen molar-refractivity contribution in [1.82, 2.24) is 9.80 Å². The maximum absolute atomic E-state index is 12.3. The van der Waals surface area contributed by atoms with Crippen molar-refractivity contribution in [3.8, 4) is 5.75 Å². The van der Waals surface area contributed by atoms with Gasteiger partial charge in [0.15, 0.2) is 11.5 Å². The summed E-state index contributed by atoms with van der Waals surface area (Å²) in [6.45, 7) is 2.33. The van der Waals surface area contributed by atoms with Gasteiger partial charge < -0.3 is 20.0 Å². The molecule has 1 amide bonds. The second-order valence-corrected chi connectivity index (χ2v) is 5.61. The number of phenolic OH excluding ortho intramolecular Hbond substituents is 1. The van der Waals surface area contributed by atoms with Crippen LogP contribution in [0.2, 0.25) is 0 Å². The molecule has 1 heterocycles. The lowest BCUT2D eigenvalue weighted by Gasteiger charge is -2.27. The lowest BCUT2D eigenvalue weighted by Crippen LogP contribution is -2.36. The molecule has 0 aromatic heterocycles. The van der Waals surface area contributed by atoms with Crippen molar-refractivity contribution in [1.29, 1.82) is 0 Å². The number of carbonyl (C=O) groups excluding carboxylic acids is 2. The number of amides is 1. The maximum Gasteiger partial charge on any atom is 0.290 e. The average Bonchev–Trinajstić information content (AvgIpc) is 2.70. The number of hydrogen-bond donors (Lipinski definition) is 2. The molecule has 1 aliphatic heterocycles. The molecule has 22 heavy (non-hydrogen) atoms. The van der Waals surface area contributed by atoms with Crippen LogP contribution in [0.1, 0.15) is 18.5 Å². The minimum Gasteiger partial charge on any atom is -0.508 e. The first-order chi connectivity index (χ1) is 10.3. The fraction of sp³-hybridized carbons (Fsp3) is 0.375. The Morgan fingerprint density at radius 1 is 1.23 bits per heavy atom. The van der Waals surface area contributed by atoms with E-state index in [0.717, 1.165) is 0 Å². The third-order valence-electron chi connectivity index (χ3n) is 3.68. The molecule has 0 radical (unpaired) electrons. The first kappa shape index (κ1) is 16.0. The van der Waals surface area contributed by atoms with E-state index in [1.165, 1.54) is 24.0 Å². The lowest BCUT2D eigenvalue weighted by atomic mass is 9.96. The van der Waals surface area contributed by atoms with E-state index in [1.54, 1.807) is 12.1 Å². The third kappa shape index (κ3) is 2.96. The predicted molar refractivity (Wildman–Crippen MR) is 81.5 cm³/mol.